The molecule has 1 saturated heterocycles. The summed E-state index contributed by atoms with van der Waals surface area (Å²) in [7, 11) is 5.33. The number of ether oxygens (including phenoxy) is 1. The molecule has 0 saturated carbocycles. The summed E-state index contributed by atoms with van der Waals surface area (Å²) in [4.78, 5) is 0. The van der Waals surface area contributed by atoms with Crippen molar-refractivity contribution in [1.82, 2.24) is 0 Å². The number of aliphatic hydroxyl groups excluding tert-OH is 2. The van der Waals surface area contributed by atoms with Crippen LogP contribution >= 0.6 is 0 Å². The molecule has 0 aromatic carbocycles. The highest BCUT2D eigenvalue weighted by molar-refractivity contribution is 7.79. The first-order valence-electron chi connectivity index (χ1n) is 4.00. The van der Waals surface area contributed by atoms with E-state index < -0.39 is 10.4 Å². The molecule has 1 heterocycles. The molecule has 18 heavy (non-hydrogen) atoms. The summed E-state index contributed by atoms with van der Waals surface area (Å²) < 4.78 is 36.5. The van der Waals surface area contributed by atoms with Crippen molar-refractivity contribution in [1.29, 1.82) is 0 Å². The van der Waals surface area contributed by atoms with Gasteiger partial charge in [0.25, 0.3) is 0 Å². The second-order valence-corrected chi connectivity index (χ2v) is 2.66. The van der Waals surface area contributed by atoms with Crippen molar-refractivity contribution in [2.24, 2.45) is 0 Å². The number of hydrogen-bond acceptors (Lipinski definition) is 5. The molecule has 1 fully saturated rings. The lowest BCUT2D eigenvalue weighted by atomic mass is 9.81. The molecule has 0 spiro atoms. The Balaban J connectivity index is -0.0000000197. The van der Waals surface area contributed by atoms with Gasteiger partial charge < -0.3 is 14.9 Å². The molecule has 0 aliphatic carbocycles. The van der Waals surface area contributed by atoms with Crippen LogP contribution < -0.4 is 0 Å². The second kappa shape index (κ2) is 36.0. The van der Waals surface area contributed by atoms with Gasteiger partial charge in [-0.1, -0.05) is 14.9 Å². The minimum Gasteiger partial charge on any atom is -0.400 e. The first-order valence-corrected chi connectivity index (χ1v) is 5.40. The van der Waals surface area contributed by atoms with Gasteiger partial charge in [0, 0.05) is 44.3 Å². The quantitative estimate of drug-likeness (QED) is 0.369. The highest BCUT2D eigenvalue weighted by atomic mass is 32.3. The van der Waals surface area contributed by atoms with Gasteiger partial charge in [0.1, 0.15) is 0 Å². The van der Waals surface area contributed by atoms with Gasteiger partial charge in [-0.15, -0.1) is 0 Å². The van der Waals surface area contributed by atoms with Crippen molar-refractivity contribution in [3.05, 3.63) is 0 Å². The van der Waals surface area contributed by atoms with Crippen LogP contribution in [0.4, 0.5) is 0 Å². The lowest BCUT2D eigenvalue weighted by Gasteiger charge is -1.76. The van der Waals surface area contributed by atoms with E-state index in [1.165, 1.54) is 12.8 Å². The summed E-state index contributed by atoms with van der Waals surface area (Å²) in [6.45, 7) is 2.00. The number of hydrogen-bond donors (Lipinski definition) is 4. The van der Waals surface area contributed by atoms with Gasteiger partial charge in [-0.25, -0.2) is 0 Å². The Labute approximate surface area is 115 Å². The van der Waals surface area contributed by atoms with Gasteiger partial charge in [0.15, 0.2) is 0 Å². The monoisotopic (exact) mass is 290 g/mol. The van der Waals surface area contributed by atoms with Crippen molar-refractivity contribution in [2.45, 2.75) is 27.7 Å². The van der Waals surface area contributed by atoms with Crippen LogP contribution in [0.5, 0.6) is 0 Å². The molecule has 4 radical (unpaired) electrons. The molecule has 1 aliphatic heterocycles. The van der Waals surface area contributed by atoms with Crippen LogP contribution in [0.25, 0.3) is 0 Å². The lowest BCUT2D eigenvalue weighted by molar-refractivity contribution is 0.198. The Hall–Kier alpha value is -0.120. The van der Waals surface area contributed by atoms with E-state index in [1.54, 1.807) is 0 Å². The van der Waals surface area contributed by atoms with E-state index in [1.807, 2.05) is 0 Å². The first kappa shape index (κ1) is 36.1. The minimum absolute atomic E-state index is 0. The third-order valence-electron chi connectivity index (χ3n) is 0.827. The van der Waals surface area contributed by atoms with Crippen LogP contribution in [0.2, 0.25) is 0 Å². The van der Waals surface area contributed by atoms with Gasteiger partial charge in [0.2, 0.25) is 0 Å². The fraction of sp³-hybridized carbons (Fsp3) is 1.00. The molecule has 0 aromatic rings. The fourth-order valence-electron chi connectivity index (χ4n) is 0.510. The number of aliphatic hydroxyl groups is 2. The summed E-state index contributed by atoms with van der Waals surface area (Å²) in [5, 5.41) is 14.0. The first-order chi connectivity index (χ1) is 7.50. The van der Waals surface area contributed by atoms with Crippen LogP contribution in [-0.2, 0) is 15.1 Å². The Morgan fingerprint density at radius 3 is 1.17 bits per heavy atom. The Kier molecular flexibility index (Phi) is 72.1. The Morgan fingerprint density at radius 1 is 0.944 bits per heavy atom. The van der Waals surface area contributed by atoms with E-state index in [4.69, 9.17) is 32.5 Å². The SMILES string of the molecule is C.C.C1CCOC1.CO.CO.O=S(=O)(O)O.[B][B].[HH]. The van der Waals surface area contributed by atoms with Gasteiger partial charge in [-0.3, -0.25) is 9.11 Å². The van der Waals surface area contributed by atoms with Gasteiger partial charge >= 0.3 is 10.4 Å². The molecular weight excluding hydrogens is 262 g/mol. The highest BCUT2D eigenvalue weighted by Gasteiger charge is 1.94. The maximum absolute atomic E-state index is 8.74. The predicted octanol–water partition coefficient (Wildman–Crippen LogP) is 0.118. The molecule has 114 valence electrons. The third-order valence-corrected chi connectivity index (χ3v) is 0.827. The van der Waals surface area contributed by atoms with Crippen LogP contribution in [0.3, 0.4) is 0 Å². The van der Waals surface area contributed by atoms with Crippen molar-refractivity contribution in [2.75, 3.05) is 27.4 Å². The Bertz CT molecular complexity index is 162. The summed E-state index contributed by atoms with van der Waals surface area (Å²) in [5.41, 5.74) is 0. The standard InChI is InChI=1S/C4H8O.2CH4O.2CH4.B2.H2O4S.H2/c1-2-4-5-3-1;2*1-2;;;1-2;1-5(2,3)4;/h1-4H2;2*2H,1H3;2*1H4;;(H2,1,2,3,4);1H. The van der Waals surface area contributed by atoms with E-state index in [0.717, 1.165) is 27.4 Å². The molecule has 0 amide bonds. The van der Waals surface area contributed by atoms with Crippen LogP contribution in [0.15, 0.2) is 0 Å². The third kappa shape index (κ3) is 148. The zero-order chi connectivity index (χ0) is 14.0. The van der Waals surface area contributed by atoms with Gasteiger partial charge in [-0.05, 0) is 12.8 Å². The van der Waals surface area contributed by atoms with Crippen molar-refractivity contribution < 1.29 is 33.9 Å². The van der Waals surface area contributed by atoms with Crippen molar-refractivity contribution in [3.8, 4) is 0 Å². The largest absolute Gasteiger partial charge is 0.400 e. The molecule has 4 N–H and O–H groups in total. The summed E-state index contributed by atoms with van der Waals surface area (Å²) in [6, 6.07) is 0. The average molecular weight is 290 g/mol. The Morgan fingerprint density at radius 2 is 1.11 bits per heavy atom. The zero-order valence-corrected chi connectivity index (χ0v) is 10.2. The summed E-state index contributed by atoms with van der Waals surface area (Å²) in [5.74, 6) is 0. The van der Waals surface area contributed by atoms with Crippen molar-refractivity contribution in [3.63, 3.8) is 0 Å². The second-order valence-electron chi connectivity index (χ2n) is 1.77. The summed E-state index contributed by atoms with van der Waals surface area (Å²) in [6.07, 6.45) is 2.56. The minimum atomic E-state index is -4.67. The zero-order valence-electron chi connectivity index (χ0n) is 9.40. The molecule has 10 heteroatoms. The van der Waals surface area contributed by atoms with E-state index in [2.05, 4.69) is 15.5 Å². The molecule has 1 rings (SSSR count). The molecule has 0 bridgehead atoms. The maximum Gasteiger partial charge on any atom is 0.394 e. The van der Waals surface area contributed by atoms with Crippen LogP contribution in [0.1, 0.15) is 29.1 Å². The normalized spacial score (nSPS) is 10.8. The van der Waals surface area contributed by atoms with Crippen LogP contribution in [-0.4, -0.2) is 70.6 Å². The maximum atomic E-state index is 8.74. The predicted molar refractivity (Wildman–Crippen MR) is 77.6 cm³/mol. The van der Waals surface area contributed by atoms with E-state index in [-0.39, 0.29) is 16.3 Å². The molecule has 1 aliphatic rings. The van der Waals surface area contributed by atoms with E-state index in [9.17, 15) is 0 Å². The molecule has 7 nitrogen and oxygen atoms in total. The van der Waals surface area contributed by atoms with Gasteiger partial charge in [0.05, 0.1) is 0 Å². The highest BCUT2D eigenvalue weighted by Crippen LogP contribution is 1.98. The summed E-state index contributed by atoms with van der Waals surface area (Å²) >= 11 is 0. The van der Waals surface area contributed by atoms with Gasteiger partial charge in [-0.2, -0.15) is 8.42 Å². The van der Waals surface area contributed by atoms with E-state index >= 15 is 0 Å². The number of rotatable bonds is 0. The smallest absolute Gasteiger partial charge is 0.394 e. The topological polar surface area (TPSA) is 124 Å². The molecular formula is C8H28B2O7S. The lowest BCUT2D eigenvalue weighted by Crippen LogP contribution is -1.89. The molecule has 0 atom stereocenters. The van der Waals surface area contributed by atoms with Crippen molar-refractivity contribution >= 4 is 25.9 Å². The average Bonchev–Trinajstić information content (AvgIpc) is 2.82. The molecule has 0 unspecified atom stereocenters. The fourth-order valence-corrected chi connectivity index (χ4v) is 0.510. The molecule has 0 aromatic heterocycles. The van der Waals surface area contributed by atoms with Crippen LogP contribution in [0, 0.1) is 0 Å². The van der Waals surface area contributed by atoms with E-state index in [0.29, 0.717) is 0 Å².